The molecule has 0 aromatic rings. The maximum absolute atomic E-state index is 6.39. The number of hydrogen-bond donors (Lipinski definition) is 4. The topological polar surface area (TPSA) is 88.5 Å². The molecule has 5 heteroatoms. The Bertz CT molecular complexity index is 383. The van der Waals surface area contributed by atoms with Gasteiger partial charge >= 0.3 is 0 Å². The van der Waals surface area contributed by atoms with Gasteiger partial charge < -0.3 is 16.4 Å². The molecule has 3 aliphatic rings. The van der Waals surface area contributed by atoms with Gasteiger partial charge in [-0.25, -0.2) is 4.99 Å². The first kappa shape index (κ1) is 12.0. The van der Waals surface area contributed by atoms with Gasteiger partial charge in [0.05, 0.1) is 0 Å². The van der Waals surface area contributed by atoms with Crippen LogP contribution in [0.5, 0.6) is 0 Å². The number of amidine groups is 1. The molecular formula is C13H23N5. The molecule has 2 heterocycles. The van der Waals surface area contributed by atoms with E-state index in [4.69, 9.17) is 11.5 Å². The van der Waals surface area contributed by atoms with Crippen molar-refractivity contribution >= 4 is 5.84 Å². The summed E-state index contributed by atoms with van der Waals surface area (Å²) in [5, 5.41) is 6.73. The minimum atomic E-state index is -0.695. The maximum atomic E-state index is 6.39. The first-order valence-electron chi connectivity index (χ1n) is 6.91. The largest absolute Gasteiger partial charge is 0.384 e. The minimum absolute atomic E-state index is 0.376. The monoisotopic (exact) mass is 249 g/mol. The smallest absolute Gasteiger partial charge is 0.187 e. The molecule has 0 radical (unpaired) electrons. The molecule has 3 unspecified atom stereocenters. The summed E-state index contributed by atoms with van der Waals surface area (Å²) in [6, 6.07) is 0. The lowest BCUT2D eigenvalue weighted by atomic mass is 9.78. The number of aliphatic imine (C=N–C) groups is 1. The van der Waals surface area contributed by atoms with Crippen molar-refractivity contribution in [2.75, 3.05) is 13.1 Å². The van der Waals surface area contributed by atoms with Gasteiger partial charge in [-0.1, -0.05) is 0 Å². The van der Waals surface area contributed by atoms with E-state index in [1.54, 1.807) is 6.08 Å². The number of piperidine rings is 1. The van der Waals surface area contributed by atoms with Crippen LogP contribution in [0.3, 0.4) is 0 Å². The molecule has 18 heavy (non-hydrogen) atoms. The average molecular weight is 249 g/mol. The van der Waals surface area contributed by atoms with Gasteiger partial charge in [-0.15, -0.1) is 0 Å². The zero-order chi connectivity index (χ0) is 12.6. The fourth-order valence-corrected chi connectivity index (χ4v) is 3.75. The van der Waals surface area contributed by atoms with E-state index in [9.17, 15) is 0 Å². The zero-order valence-corrected chi connectivity index (χ0v) is 10.8. The Labute approximate surface area is 108 Å². The molecule has 1 aliphatic carbocycles. The van der Waals surface area contributed by atoms with Crippen molar-refractivity contribution < 1.29 is 0 Å². The average Bonchev–Trinajstić information content (AvgIpc) is 2.75. The molecule has 100 valence electrons. The van der Waals surface area contributed by atoms with E-state index in [1.165, 1.54) is 19.3 Å². The Morgan fingerprint density at radius 2 is 2.28 bits per heavy atom. The van der Waals surface area contributed by atoms with Crippen molar-refractivity contribution in [3.63, 3.8) is 0 Å². The molecule has 1 saturated heterocycles. The maximum Gasteiger partial charge on any atom is 0.187 e. The predicted molar refractivity (Wildman–Crippen MR) is 72.7 cm³/mol. The Morgan fingerprint density at radius 3 is 3.00 bits per heavy atom. The van der Waals surface area contributed by atoms with E-state index in [1.807, 2.05) is 6.20 Å². The number of hydrogen-bond acceptors (Lipinski definition) is 5. The molecule has 2 fully saturated rings. The highest BCUT2D eigenvalue weighted by atomic mass is 15.3. The van der Waals surface area contributed by atoms with Crippen LogP contribution in [0.4, 0.5) is 0 Å². The van der Waals surface area contributed by atoms with Gasteiger partial charge in [0.1, 0.15) is 5.84 Å². The van der Waals surface area contributed by atoms with Crippen molar-refractivity contribution in [2.45, 2.75) is 37.9 Å². The molecule has 0 bridgehead atoms. The van der Waals surface area contributed by atoms with Crippen LogP contribution in [0.1, 0.15) is 32.1 Å². The van der Waals surface area contributed by atoms with Crippen molar-refractivity contribution in [1.29, 1.82) is 0 Å². The Hall–Kier alpha value is -1.07. The summed E-state index contributed by atoms with van der Waals surface area (Å²) in [6.07, 6.45) is 9.73. The fraction of sp³-hybridized carbons (Fsp3) is 0.769. The van der Waals surface area contributed by atoms with Crippen LogP contribution in [-0.4, -0.2) is 24.7 Å². The van der Waals surface area contributed by atoms with Gasteiger partial charge in [0, 0.05) is 18.7 Å². The van der Waals surface area contributed by atoms with E-state index in [-0.39, 0.29) is 0 Å². The molecule has 0 amide bonds. The lowest BCUT2D eigenvalue weighted by molar-refractivity contribution is 0.178. The van der Waals surface area contributed by atoms with Gasteiger partial charge in [0.25, 0.3) is 0 Å². The third-order valence-corrected chi connectivity index (χ3v) is 4.77. The number of nitrogens with zero attached hydrogens (tertiary/aromatic N) is 1. The zero-order valence-electron chi connectivity index (χ0n) is 10.8. The molecule has 5 nitrogen and oxygen atoms in total. The lowest BCUT2D eigenvalue weighted by Crippen LogP contribution is -2.57. The van der Waals surface area contributed by atoms with E-state index in [2.05, 4.69) is 15.6 Å². The summed E-state index contributed by atoms with van der Waals surface area (Å²) in [7, 11) is 0. The van der Waals surface area contributed by atoms with Crippen LogP contribution in [0.15, 0.2) is 17.3 Å². The second-order valence-electron chi connectivity index (χ2n) is 6.06. The molecule has 0 aromatic carbocycles. The fourth-order valence-electron chi connectivity index (χ4n) is 3.75. The van der Waals surface area contributed by atoms with Gasteiger partial charge in [-0.3, -0.25) is 5.73 Å². The van der Waals surface area contributed by atoms with Crippen LogP contribution >= 0.6 is 0 Å². The Kier molecular flexibility index (Phi) is 2.83. The first-order valence-corrected chi connectivity index (χ1v) is 6.91. The van der Waals surface area contributed by atoms with E-state index in [0.717, 1.165) is 25.9 Å². The van der Waals surface area contributed by atoms with Gasteiger partial charge in [0.15, 0.2) is 5.79 Å². The molecule has 6 N–H and O–H groups in total. The number of nitrogens with one attached hydrogen (secondary N) is 2. The molecular weight excluding hydrogens is 226 g/mol. The van der Waals surface area contributed by atoms with Gasteiger partial charge in [0.2, 0.25) is 0 Å². The quantitative estimate of drug-likeness (QED) is 0.536. The summed E-state index contributed by atoms with van der Waals surface area (Å²) in [5.74, 6) is 0.208. The standard InChI is InChI=1S/C13H23N5/c14-11-3-7-17-13(15,18-11)10-2-5-12(8-10)4-1-6-16-9-12/h3,7,10,16-17H,1-2,4-6,8-9,15H2,(H2,14,18). The number of nitrogens with two attached hydrogens (primary N) is 2. The normalized spacial score (nSPS) is 43.8. The first-order chi connectivity index (χ1) is 8.62. The summed E-state index contributed by atoms with van der Waals surface area (Å²) in [4.78, 5) is 4.43. The van der Waals surface area contributed by atoms with Crippen molar-refractivity contribution in [3.8, 4) is 0 Å². The molecule has 3 rings (SSSR count). The summed E-state index contributed by atoms with van der Waals surface area (Å²) in [5.41, 5.74) is 12.6. The highest BCUT2D eigenvalue weighted by molar-refractivity contribution is 5.92. The van der Waals surface area contributed by atoms with Crippen LogP contribution in [0, 0.1) is 11.3 Å². The second kappa shape index (κ2) is 4.24. The second-order valence-corrected chi connectivity index (χ2v) is 6.06. The van der Waals surface area contributed by atoms with Crippen LogP contribution in [0.25, 0.3) is 0 Å². The van der Waals surface area contributed by atoms with Crippen molar-refractivity contribution in [3.05, 3.63) is 12.3 Å². The van der Waals surface area contributed by atoms with E-state index < -0.39 is 5.79 Å². The van der Waals surface area contributed by atoms with Crippen LogP contribution < -0.4 is 22.1 Å². The Morgan fingerprint density at radius 1 is 1.39 bits per heavy atom. The number of rotatable bonds is 1. The highest BCUT2D eigenvalue weighted by Crippen LogP contribution is 2.48. The molecule has 2 aliphatic heterocycles. The van der Waals surface area contributed by atoms with Crippen molar-refractivity contribution in [1.82, 2.24) is 10.6 Å². The summed E-state index contributed by atoms with van der Waals surface area (Å²) in [6.45, 7) is 2.29. The van der Waals surface area contributed by atoms with Crippen LogP contribution in [-0.2, 0) is 0 Å². The highest BCUT2D eigenvalue weighted by Gasteiger charge is 2.47. The minimum Gasteiger partial charge on any atom is -0.384 e. The molecule has 1 spiro atoms. The SMILES string of the molecule is NC1=NC(N)(C2CCC3(CCCNC3)C2)NC=C1. The predicted octanol–water partition coefficient (Wildman–Crippen LogP) is 0.243. The van der Waals surface area contributed by atoms with Gasteiger partial charge in [-0.2, -0.15) is 0 Å². The molecule has 0 aromatic heterocycles. The molecule has 3 atom stereocenters. The van der Waals surface area contributed by atoms with E-state index >= 15 is 0 Å². The lowest BCUT2D eigenvalue weighted by Gasteiger charge is -2.37. The molecule has 1 saturated carbocycles. The third-order valence-electron chi connectivity index (χ3n) is 4.77. The summed E-state index contributed by atoms with van der Waals surface area (Å²) >= 11 is 0. The van der Waals surface area contributed by atoms with E-state index in [0.29, 0.717) is 17.2 Å². The Balaban J connectivity index is 1.73. The van der Waals surface area contributed by atoms with Crippen LogP contribution in [0.2, 0.25) is 0 Å². The van der Waals surface area contributed by atoms with Gasteiger partial charge in [-0.05, 0) is 50.1 Å². The third kappa shape index (κ3) is 2.01. The summed E-state index contributed by atoms with van der Waals surface area (Å²) < 4.78 is 0. The van der Waals surface area contributed by atoms with Crippen molar-refractivity contribution in [2.24, 2.45) is 27.8 Å².